The van der Waals surface area contributed by atoms with Crippen LogP contribution in [0, 0.1) is 6.92 Å². The second-order valence-electron chi connectivity index (χ2n) is 4.34. The Balaban J connectivity index is 2.01. The summed E-state index contributed by atoms with van der Waals surface area (Å²) in [4.78, 5) is 24.3. The number of nitrogens with zero attached hydrogens (tertiary/aromatic N) is 1. The molecule has 0 aliphatic carbocycles. The summed E-state index contributed by atoms with van der Waals surface area (Å²) in [6, 6.07) is 7.15. The van der Waals surface area contributed by atoms with Gasteiger partial charge >= 0.3 is 6.03 Å². The number of amides is 2. The molecule has 1 aliphatic rings. The van der Waals surface area contributed by atoms with E-state index in [2.05, 4.69) is 5.32 Å². The van der Waals surface area contributed by atoms with Gasteiger partial charge in [0.25, 0.3) is 0 Å². The summed E-state index contributed by atoms with van der Waals surface area (Å²) < 4.78 is 0. The smallest absolute Gasteiger partial charge is 0.315 e. The van der Waals surface area contributed by atoms with Crippen LogP contribution >= 0.6 is 0 Å². The molecule has 1 saturated heterocycles. The fourth-order valence-electron chi connectivity index (χ4n) is 2.02. The fraction of sp³-hybridized carbons (Fsp3) is 0.385. The van der Waals surface area contributed by atoms with Crippen molar-refractivity contribution in [2.75, 3.05) is 11.9 Å². The normalized spacial score (nSPS) is 19.1. The molecule has 90 valence electrons. The molecule has 1 atom stereocenters. The van der Waals surface area contributed by atoms with Crippen LogP contribution in [0.3, 0.4) is 0 Å². The quantitative estimate of drug-likeness (QED) is 0.794. The molecule has 0 spiro atoms. The van der Waals surface area contributed by atoms with E-state index in [1.807, 2.05) is 31.2 Å². The van der Waals surface area contributed by atoms with Crippen LogP contribution in [-0.2, 0) is 4.79 Å². The maximum absolute atomic E-state index is 11.9. The van der Waals surface area contributed by atoms with E-state index in [4.69, 9.17) is 0 Å². The predicted molar refractivity (Wildman–Crippen MR) is 66.0 cm³/mol. The van der Waals surface area contributed by atoms with E-state index >= 15 is 0 Å². The minimum atomic E-state index is -0.263. The zero-order valence-electron chi connectivity index (χ0n) is 9.85. The molecular formula is C13H16N2O2. The Kier molecular flexibility index (Phi) is 3.42. The second kappa shape index (κ2) is 4.99. The van der Waals surface area contributed by atoms with E-state index in [-0.39, 0.29) is 12.1 Å². The summed E-state index contributed by atoms with van der Waals surface area (Å²) in [5.74, 6) is 0. The third-order valence-electron chi connectivity index (χ3n) is 3.02. The van der Waals surface area contributed by atoms with Gasteiger partial charge in [-0.1, -0.05) is 17.7 Å². The highest BCUT2D eigenvalue weighted by molar-refractivity contribution is 5.91. The summed E-state index contributed by atoms with van der Waals surface area (Å²) in [7, 11) is 0. The Labute approximate surface area is 101 Å². The van der Waals surface area contributed by atoms with E-state index in [0.29, 0.717) is 6.54 Å². The van der Waals surface area contributed by atoms with Gasteiger partial charge in [0.2, 0.25) is 0 Å². The molecule has 0 unspecified atom stereocenters. The molecule has 4 heteroatoms. The Morgan fingerprint density at radius 3 is 2.76 bits per heavy atom. The van der Waals surface area contributed by atoms with Crippen molar-refractivity contribution >= 4 is 18.0 Å². The van der Waals surface area contributed by atoms with Crippen molar-refractivity contribution in [3.05, 3.63) is 29.8 Å². The number of carbonyl (C=O) groups excluding carboxylic acids is 2. The van der Waals surface area contributed by atoms with Crippen LogP contribution in [0.25, 0.3) is 0 Å². The third kappa shape index (κ3) is 2.64. The number of benzene rings is 1. The van der Waals surface area contributed by atoms with Crippen molar-refractivity contribution in [3.63, 3.8) is 0 Å². The van der Waals surface area contributed by atoms with E-state index in [1.165, 1.54) is 0 Å². The molecule has 0 bridgehead atoms. The molecule has 0 saturated carbocycles. The number of aldehydes is 1. The van der Waals surface area contributed by atoms with Crippen LogP contribution < -0.4 is 5.32 Å². The first-order valence-electron chi connectivity index (χ1n) is 5.80. The van der Waals surface area contributed by atoms with Crippen molar-refractivity contribution in [1.29, 1.82) is 0 Å². The number of hydrogen-bond acceptors (Lipinski definition) is 2. The van der Waals surface area contributed by atoms with Gasteiger partial charge in [0, 0.05) is 12.2 Å². The van der Waals surface area contributed by atoms with Crippen LogP contribution in [0.1, 0.15) is 18.4 Å². The number of hydrogen-bond donors (Lipinski definition) is 1. The van der Waals surface area contributed by atoms with E-state index in [0.717, 1.165) is 30.4 Å². The summed E-state index contributed by atoms with van der Waals surface area (Å²) in [5.41, 5.74) is 1.91. The van der Waals surface area contributed by atoms with Gasteiger partial charge in [0.1, 0.15) is 6.29 Å². The first-order chi connectivity index (χ1) is 8.20. The van der Waals surface area contributed by atoms with Crippen molar-refractivity contribution < 1.29 is 9.59 Å². The van der Waals surface area contributed by atoms with Crippen molar-refractivity contribution in [1.82, 2.24) is 4.90 Å². The number of nitrogens with one attached hydrogen (secondary N) is 1. The average molecular weight is 232 g/mol. The highest BCUT2D eigenvalue weighted by Crippen LogP contribution is 2.17. The minimum absolute atomic E-state index is 0.191. The molecule has 2 amide bonds. The van der Waals surface area contributed by atoms with Gasteiger partial charge in [-0.3, -0.25) is 0 Å². The van der Waals surface area contributed by atoms with Crippen LogP contribution in [0.2, 0.25) is 0 Å². The van der Waals surface area contributed by atoms with Crippen LogP contribution in [0.4, 0.5) is 10.5 Å². The molecule has 17 heavy (non-hydrogen) atoms. The number of aryl methyl sites for hydroxylation is 1. The number of anilines is 1. The molecule has 0 radical (unpaired) electrons. The number of urea groups is 1. The summed E-state index contributed by atoms with van der Waals surface area (Å²) in [6.45, 7) is 2.65. The Morgan fingerprint density at radius 1 is 1.41 bits per heavy atom. The Bertz CT molecular complexity index is 414. The Hall–Kier alpha value is -1.84. The summed E-state index contributed by atoms with van der Waals surface area (Å²) >= 11 is 0. The SMILES string of the molecule is Cc1ccc(NC(=O)N2CCC[C@H]2C=O)cc1. The van der Waals surface area contributed by atoms with Gasteiger partial charge in [-0.25, -0.2) is 4.79 Å². The van der Waals surface area contributed by atoms with Gasteiger partial charge in [0.05, 0.1) is 6.04 Å². The first kappa shape index (κ1) is 11.6. The van der Waals surface area contributed by atoms with Gasteiger partial charge in [0.15, 0.2) is 0 Å². The number of likely N-dealkylation sites (tertiary alicyclic amines) is 1. The van der Waals surface area contributed by atoms with Gasteiger partial charge < -0.3 is 15.0 Å². The second-order valence-corrected chi connectivity index (χ2v) is 4.34. The Morgan fingerprint density at radius 2 is 2.12 bits per heavy atom. The van der Waals surface area contributed by atoms with Crippen molar-refractivity contribution in [3.8, 4) is 0 Å². The lowest BCUT2D eigenvalue weighted by atomic mass is 10.2. The topological polar surface area (TPSA) is 49.4 Å². The monoisotopic (exact) mass is 232 g/mol. The predicted octanol–water partition coefficient (Wildman–Crippen LogP) is 2.19. The zero-order chi connectivity index (χ0) is 12.3. The molecule has 1 heterocycles. The van der Waals surface area contributed by atoms with Crippen LogP contribution in [0.15, 0.2) is 24.3 Å². The fourth-order valence-corrected chi connectivity index (χ4v) is 2.02. The standard InChI is InChI=1S/C13H16N2O2/c1-10-4-6-11(7-5-10)14-13(17)15-8-2-3-12(15)9-16/h4-7,9,12H,2-3,8H2,1H3,(H,14,17)/t12-/m0/s1. The lowest BCUT2D eigenvalue weighted by Crippen LogP contribution is -2.39. The first-order valence-corrected chi connectivity index (χ1v) is 5.80. The summed E-state index contributed by atoms with van der Waals surface area (Å²) in [5, 5.41) is 2.80. The lowest BCUT2D eigenvalue weighted by molar-refractivity contribution is -0.110. The maximum atomic E-state index is 11.9. The minimum Gasteiger partial charge on any atom is -0.315 e. The maximum Gasteiger partial charge on any atom is 0.322 e. The molecular weight excluding hydrogens is 216 g/mol. The van der Waals surface area contributed by atoms with Crippen molar-refractivity contribution in [2.24, 2.45) is 0 Å². The molecule has 1 aromatic carbocycles. The lowest BCUT2D eigenvalue weighted by Gasteiger charge is -2.20. The molecule has 0 aromatic heterocycles. The number of rotatable bonds is 2. The molecule has 1 fully saturated rings. The average Bonchev–Trinajstić information content (AvgIpc) is 2.80. The largest absolute Gasteiger partial charge is 0.322 e. The summed E-state index contributed by atoms with van der Waals surface area (Å²) in [6.07, 6.45) is 2.51. The van der Waals surface area contributed by atoms with Crippen LogP contribution in [-0.4, -0.2) is 29.8 Å². The van der Waals surface area contributed by atoms with E-state index < -0.39 is 0 Å². The van der Waals surface area contributed by atoms with Gasteiger partial charge in [-0.2, -0.15) is 0 Å². The third-order valence-corrected chi connectivity index (χ3v) is 3.02. The molecule has 4 nitrogen and oxygen atoms in total. The van der Waals surface area contributed by atoms with E-state index in [1.54, 1.807) is 4.90 Å². The molecule has 1 aliphatic heterocycles. The molecule has 1 aromatic rings. The highest BCUT2D eigenvalue weighted by atomic mass is 16.2. The highest BCUT2D eigenvalue weighted by Gasteiger charge is 2.28. The van der Waals surface area contributed by atoms with E-state index in [9.17, 15) is 9.59 Å². The molecule has 1 N–H and O–H groups in total. The zero-order valence-corrected chi connectivity index (χ0v) is 9.85. The number of carbonyl (C=O) groups is 2. The molecule has 2 rings (SSSR count). The van der Waals surface area contributed by atoms with Crippen molar-refractivity contribution in [2.45, 2.75) is 25.8 Å². The van der Waals surface area contributed by atoms with Gasteiger partial charge in [-0.05, 0) is 31.9 Å². The van der Waals surface area contributed by atoms with Crippen LogP contribution in [0.5, 0.6) is 0 Å². The van der Waals surface area contributed by atoms with Gasteiger partial charge in [-0.15, -0.1) is 0 Å².